The van der Waals surface area contributed by atoms with Crippen LogP contribution in [-0.4, -0.2) is 26.5 Å². The molecule has 4 N–H and O–H groups in total. The van der Waals surface area contributed by atoms with Crippen LogP contribution >= 0.6 is 24.8 Å². The standard InChI is InChI=1S/C16H19N5O.2ClH/c1-21-7-6-18-15(21)10-20-16(22)13(17)8-11-9-19-14-5-3-2-4-12(11)14;;/h2-7,9,13,19H,8,10,17H2,1H3,(H,20,22);2*1H/t13-;;/m0../s1. The van der Waals surface area contributed by atoms with E-state index in [1.807, 2.05) is 48.3 Å². The number of benzene rings is 1. The molecule has 0 bridgehead atoms. The van der Waals surface area contributed by atoms with Gasteiger partial charge in [-0.1, -0.05) is 18.2 Å². The van der Waals surface area contributed by atoms with E-state index in [1.54, 1.807) is 6.20 Å². The lowest BCUT2D eigenvalue weighted by Crippen LogP contribution is -2.41. The van der Waals surface area contributed by atoms with Crippen LogP contribution in [0.15, 0.2) is 42.9 Å². The average Bonchev–Trinajstić information content (AvgIpc) is 3.12. The van der Waals surface area contributed by atoms with E-state index < -0.39 is 6.04 Å². The lowest BCUT2D eigenvalue weighted by atomic mass is 10.1. The number of rotatable bonds is 5. The molecule has 0 fully saturated rings. The molecule has 0 aliphatic heterocycles. The Morgan fingerprint density at radius 3 is 2.83 bits per heavy atom. The molecular weight excluding hydrogens is 349 g/mol. The average molecular weight is 370 g/mol. The van der Waals surface area contributed by atoms with Crippen LogP contribution in [0.1, 0.15) is 11.4 Å². The summed E-state index contributed by atoms with van der Waals surface area (Å²) in [5, 5.41) is 3.94. The Bertz CT molecular complexity index is 798. The van der Waals surface area contributed by atoms with Crippen molar-refractivity contribution < 1.29 is 4.79 Å². The maximum Gasteiger partial charge on any atom is 0.237 e. The molecule has 0 aliphatic rings. The van der Waals surface area contributed by atoms with Gasteiger partial charge < -0.3 is 20.6 Å². The van der Waals surface area contributed by atoms with Gasteiger partial charge in [-0.2, -0.15) is 0 Å². The molecule has 8 heteroatoms. The normalized spacial score (nSPS) is 11.4. The van der Waals surface area contributed by atoms with Crippen LogP contribution in [-0.2, 0) is 24.8 Å². The molecule has 0 spiro atoms. The molecule has 0 radical (unpaired) electrons. The number of para-hydroxylation sites is 1. The van der Waals surface area contributed by atoms with Gasteiger partial charge in [-0.15, -0.1) is 24.8 Å². The molecule has 3 rings (SSSR count). The van der Waals surface area contributed by atoms with Crippen LogP contribution < -0.4 is 11.1 Å². The molecule has 130 valence electrons. The van der Waals surface area contributed by atoms with E-state index in [2.05, 4.69) is 15.3 Å². The lowest BCUT2D eigenvalue weighted by Gasteiger charge is -2.12. The SMILES string of the molecule is Cl.Cl.Cn1ccnc1CNC(=O)[C@@H](N)Cc1c[nH]c2ccccc12. The first-order valence-corrected chi connectivity index (χ1v) is 7.19. The van der Waals surface area contributed by atoms with Crippen molar-refractivity contribution in [1.82, 2.24) is 19.9 Å². The topological polar surface area (TPSA) is 88.7 Å². The number of halogens is 2. The molecule has 3 aromatic rings. The number of nitrogens with zero attached hydrogens (tertiary/aromatic N) is 2. The van der Waals surface area contributed by atoms with Crippen molar-refractivity contribution in [1.29, 1.82) is 0 Å². The summed E-state index contributed by atoms with van der Waals surface area (Å²) in [5.74, 6) is 0.626. The number of aromatic nitrogens is 3. The highest BCUT2D eigenvalue weighted by Gasteiger charge is 2.16. The highest BCUT2D eigenvalue weighted by atomic mass is 35.5. The van der Waals surface area contributed by atoms with Crippen molar-refractivity contribution in [2.75, 3.05) is 0 Å². The quantitative estimate of drug-likeness (QED) is 0.641. The fourth-order valence-corrected chi connectivity index (χ4v) is 2.49. The number of H-pyrrole nitrogens is 1. The van der Waals surface area contributed by atoms with E-state index >= 15 is 0 Å². The number of hydrogen-bond donors (Lipinski definition) is 3. The number of nitrogens with two attached hydrogens (primary N) is 1. The second-order valence-corrected chi connectivity index (χ2v) is 5.34. The minimum atomic E-state index is -0.584. The third-order valence-electron chi connectivity index (χ3n) is 3.79. The van der Waals surface area contributed by atoms with E-state index in [-0.39, 0.29) is 30.7 Å². The Balaban J connectivity index is 0.00000144. The number of aryl methyl sites for hydroxylation is 1. The van der Waals surface area contributed by atoms with Gasteiger partial charge in [0, 0.05) is 36.5 Å². The number of carbonyl (C=O) groups is 1. The van der Waals surface area contributed by atoms with E-state index in [0.717, 1.165) is 22.3 Å². The van der Waals surface area contributed by atoms with E-state index in [1.165, 1.54) is 0 Å². The van der Waals surface area contributed by atoms with Gasteiger partial charge in [0.25, 0.3) is 0 Å². The Morgan fingerprint density at radius 1 is 1.38 bits per heavy atom. The summed E-state index contributed by atoms with van der Waals surface area (Å²) in [5.41, 5.74) is 8.13. The van der Waals surface area contributed by atoms with Crippen LogP contribution in [0, 0.1) is 0 Å². The maximum atomic E-state index is 12.1. The molecule has 2 heterocycles. The molecule has 0 saturated heterocycles. The molecule has 0 saturated carbocycles. The minimum absolute atomic E-state index is 0. The first-order chi connectivity index (χ1) is 10.6. The smallest absolute Gasteiger partial charge is 0.237 e. The van der Waals surface area contributed by atoms with Crippen molar-refractivity contribution in [3.63, 3.8) is 0 Å². The minimum Gasteiger partial charge on any atom is -0.361 e. The van der Waals surface area contributed by atoms with E-state index in [0.29, 0.717) is 13.0 Å². The first-order valence-electron chi connectivity index (χ1n) is 7.19. The summed E-state index contributed by atoms with van der Waals surface area (Å²) in [6, 6.07) is 7.40. The first kappa shape index (κ1) is 20.0. The van der Waals surface area contributed by atoms with Crippen molar-refractivity contribution in [3.05, 3.63) is 54.2 Å². The van der Waals surface area contributed by atoms with E-state index in [9.17, 15) is 4.79 Å². The van der Waals surface area contributed by atoms with Crippen LogP contribution in [0.25, 0.3) is 10.9 Å². The number of amides is 1. The van der Waals surface area contributed by atoms with Gasteiger partial charge in [-0.25, -0.2) is 4.98 Å². The Kier molecular flexibility index (Phi) is 7.28. The van der Waals surface area contributed by atoms with Crippen molar-refractivity contribution in [2.45, 2.75) is 19.0 Å². The number of carbonyl (C=O) groups excluding carboxylic acids is 1. The number of aromatic amines is 1. The zero-order valence-electron chi connectivity index (χ0n) is 13.2. The third-order valence-corrected chi connectivity index (χ3v) is 3.79. The fraction of sp³-hybridized carbons (Fsp3) is 0.250. The highest BCUT2D eigenvalue weighted by Crippen LogP contribution is 2.18. The van der Waals surface area contributed by atoms with Gasteiger partial charge in [-0.05, 0) is 18.1 Å². The molecule has 2 aromatic heterocycles. The van der Waals surface area contributed by atoms with Crippen molar-refractivity contribution in [3.8, 4) is 0 Å². The summed E-state index contributed by atoms with van der Waals surface area (Å²) >= 11 is 0. The lowest BCUT2D eigenvalue weighted by molar-refractivity contribution is -0.122. The van der Waals surface area contributed by atoms with Crippen LogP contribution in [0.5, 0.6) is 0 Å². The Labute approximate surface area is 152 Å². The number of fused-ring (bicyclic) bond motifs is 1. The van der Waals surface area contributed by atoms with Gasteiger partial charge in [0.1, 0.15) is 5.82 Å². The van der Waals surface area contributed by atoms with Crippen LogP contribution in [0.2, 0.25) is 0 Å². The van der Waals surface area contributed by atoms with Gasteiger partial charge in [0.15, 0.2) is 0 Å². The number of hydrogen-bond acceptors (Lipinski definition) is 3. The largest absolute Gasteiger partial charge is 0.361 e. The third kappa shape index (κ3) is 4.29. The zero-order valence-corrected chi connectivity index (χ0v) is 14.9. The maximum absolute atomic E-state index is 12.1. The van der Waals surface area contributed by atoms with Crippen molar-refractivity contribution >= 4 is 41.6 Å². The Morgan fingerprint density at radius 2 is 2.12 bits per heavy atom. The summed E-state index contributed by atoms with van der Waals surface area (Å²) in [6.45, 7) is 0.379. The van der Waals surface area contributed by atoms with Gasteiger partial charge >= 0.3 is 0 Å². The van der Waals surface area contributed by atoms with Crippen LogP contribution in [0.4, 0.5) is 0 Å². The predicted octanol–water partition coefficient (Wildman–Crippen LogP) is 1.93. The monoisotopic (exact) mass is 369 g/mol. The molecule has 0 aliphatic carbocycles. The fourth-order valence-electron chi connectivity index (χ4n) is 2.49. The molecule has 1 atom stereocenters. The van der Waals surface area contributed by atoms with Gasteiger partial charge in [-0.3, -0.25) is 4.79 Å². The molecule has 0 unspecified atom stereocenters. The van der Waals surface area contributed by atoms with Gasteiger partial charge in [0.2, 0.25) is 5.91 Å². The molecular formula is C16H21Cl2N5O. The molecule has 6 nitrogen and oxygen atoms in total. The summed E-state index contributed by atoms with van der Waals surface area (Å²) in [7, 11) is 1.89. The molecule has 1 aromatic carbocycles. The van der Waals surface area contributed by atoms with Crippen molar-refractivity contribution in [2.24, 2.45) is 12.8 Å². The Hall–Kier alpha value is -2.02. The zero-order chi connectivity index (χ0) is 15.5. The highest BCUT2D eigenvalue weighted by molar-refractivity contribution is 5.86. The second-order valence-electron chi connectivity index (χ2n) is 5.34. The number of imidazole rings is 1. The summed E-state index contributed by atoms with van der Waals surface area (Å²) < 4.78 is 1.87. The summed E-state index contributed by atoms with van der Waals surface area (Å²) in [4.78, 5) is 19.5. The second kappa shape index (κ2) is 8.73. The van der Waals surface area contributed by atoms with Gasteiger partial charge in [0.05, 0.1) is 12.6 Å². The van der Waals surface area contributed by atoms with Crippen LogP contribution in [0.3, 0.4) is 0 Å². The summed E-state index contributed by atoms with van der Waals surface area (Å²) in [6.07, 6.45) is 5.95. The predicted molar refractivity (Wildman–Crippen MR) is 99.5 cm³/mol. The number of nitrogens with one attached hydrogen (secondary N) is 2. The van der Waals surface area contributed by atoms with E-state index in [4.69, 9.17) is 5.73 Å². The molecule has 1 amide bonds. The molecule has 24 heavy (non-hydrogen) atoms.